The summed E-state index contributed by atoms with van der Waals surface area (Å²) in [4.78, 5) is 0. The molecule has 0 aromatic rings. The van der Waals surface area contributed by atoms with Gasteiger partial charge in [-0.2, -0.15) is 4.40 Å². The predicted octanol–water partition coefficient (Wildman–Crippen LogP) is 1.95. The molecule has 1 saturated heterocycles. The summed E-state index contributed by atoms with van der Waals surface area (Å²) in [7, 11) is -1.13. The minimum atomic E-state index is -1.13. The standard InChI is InChI=1S/C10H19NO2S/c1-8(9-5-6-13-7-9)11-14(12)10(2,3)4/h9H,5-7H2,1-4H3/b11-8+/t9-,14?/m0/s1. The Morgan fingerprint density at radius 2 is 2.14 bits per heavy atom. The van der Waals surface area contributed by atoms with Crippen LogP contribution in [0.2, 0.25) is 0 Å². The van der Waals surface area contributed by atoms with Gasteiger partial charge < -0.3 is 4.74 Å². The van der Waals surface area contributed by atoms with Crippen LogP contribution in [0.4, 0.5) is 0 Å². The maximum atomic E-state index is 11.7. The Kier molecular flexibility index (Phi) is 3.84. The molecule has 1 rings (SSSR count). The molecule has 0 radical (unpaired) electrons. The van der Waals surface area contributed by atoms with Crippen LogP contribution in [0.5, 0.6) is 0 Å². The van der Waals surface area contributed by atoms with Crippen molar-refractivity contribution in [2.75, 3.05) is 13.2 Å². The summed E-state index contributed by atoms with van der Waals surface area (Å²) in [5.74, 6) is 0.376. The topological polar surface area (TPSA) is 38.7 Å². The average molecular weight is 217 g/mol. The van der Waals surface area contributed by atoms with Gasteiger partial charge >= 0.3 is 0 Å². The van der Waals surface area contributed by atoms with Crippen molar-refractivity contribution < 1.29 is 8.95 Å². The van der Waals surface area contributed by atoms with Gasteiger partial charge in [-0.15, -0.1) is 0 Å². The SMILES string of the molecule is C/C(=N\S(=O)C(C)(C)C)[C@H]1CCOC1. The lowest BCUT2D eigenvalue weighted by Crippen LogP contribution is -2.22. The largest absolute Gasteiger partial charge is 0.381 e. The Balaban J connectivity index is 2.63. The lowest BCUT2D eigenvalue weighted by molar-refractivity contribution is 0.193. The van der Waals surface area contributed by atoms with Crippen molar-refractivity contribution in [3.8, 4) is 0 Å². The molecule has 1 aliphatic heterocycles. The van der Waals surface area contributed by atoms with E-state index in [1.807, 2.05) is 27.7 Å². The van der Waals surface area contributed by atoms with Gasteiger partial charge in [0.25, 0.3) is 0 Å². The lowest BCUT2D eigenvalue weighted by Gasteiger charge is -2.15. The lowest BCUT2D eigenvalue weighted by atomic mass is 10.1. The van der Waals surface area contributed by atoms with Crippen molar-refractivity contribution in [3.63, 3.8) is 0 Å². The monoisotopic (exact) mass is 217 g/mol. The minimum Gasteiger partial charge on any atom is -0.381 e. The third kappa shape index (κ3) is 3.17. The van der Waals surface area contributed by atoms with E-state index in [-0.39, 0.29) is 4.75 Å². The molecule has 4 heteroatoms. The number of ether oxygens (including phenoxy) is 1. The van der Waals surface area contributed by atoms with Crippen molar-refractivity contribution >= 4 is 16.7 Å². The first-order chi connectivity index (χ1) is 6.41. The Morgan fingerprint density at radius 3 is 2.57 bits per heavy atom. The molecular weight excluding hydrogens is 198 g/mol. The molecule has 14 heavy (non-hydrogen) atoms. The van der Waals surface area contributed by atoms with Crippen molar-refractivity contribution in [2.45, 2.75) is 38.9 Å². The maximum Gasteiger partial charge on any atom is 0.144 e. The summed E-state index contributed by atoms with van der Waals surface area (Å²) >= 11 is 0. The fourth-order valence-electron chi connectivity index (χ4n) is 1.21. The fraction of sp³-hybridized carbons (Fsp3) is 0.900. The van der Waals surface area contributed by atoms with E-state index in [0.717, 1.165) is 25.3 Å². The van der Waals surface area contributed by atoms with E-state index < -0.39 is 11.0 Å². The minimum absolute atomic E-state index is 0.263. The van der Waals surface area contributed by atoms with Gasteiger partial charge in [0, 0.05) is 18.2 Å². The first kappa shape index (κ1) is 11.9. The summed E-state index contributed by atoms with van der Waals surface area (Å²) in [5.41, 5.74) is 0.968. The molecule has 0 aromatic heterocycles. The molecule has 0 aliphatic carbocycles. The van der Waals surface area contributed by atoms with Crippen LogP contribution in [-0.4, -0.2) is 27.9 Å². The maximum absolute atomic E-state index is 11.7. The van der Waals surface area contributed by atoms with Crippen LogP contribution in [0, 0.1) is 5.92 Å². The molecule has 3 nitrogen and oxygen atoms in total. The van der Waals surface area contributed by atoms with Gasteiger partial charge in [-0.05, 0) is 34.1 Å². The van der Waals surface area contributed by atoms with Crippen molar-refractivity contribution in [1.29, 1.82) is 0 Å². The quantitative estimate of drug-likeness (QED) is 0.663. The summed E-state index contributed by atoms with van der Waals surface area (Å²) in [6.07, 6.45) is 1.01. The molecule has 82 valence electrons. The van der Waals surface area contributed by atoms with Crippen LogP contribution < -0.4 is 0 Å². The summed E-state index contributed by atoms with van der Waals surface area (Å²) in [6, 6.07) is 0. The zero-order valence-electron chi connectivity index (χ0n) is 9.37. The van der Waals surface area contributed by atoms with Gasteiger partial charge in [0.2, 0.25) is 0 Å². The highest BCUT2D eigenvalue weighted by Gasteiger charge is 2.23. The van der Waals surface area contributed by atoms with E-state index >= 15 is 0 Å². The molecule has 2 atom stereocenters. The zero-order valence-corrected chi connectivity index (χ0v) is 10.2. The third-order valence-corrected chi connectivity index (χ3v) is 3.77. The van der Waals surface area contributed by atoms with Crippen LogP contribution in [-0.2, 0) is 15.7 Å². The normalized spacial score (nSPS) is 26.6. The molecule has 1 unspecified atom stereocenters. The molecule has 0 aromatic carbocycles. The summed E-state index contributed by atoms with van der Waals surface area (Å²) in [6.45, 7) is 9.29. The molecule has 1 fully saturated rings. The van der Waals surface area contributed by atoms with Crippen LogP contribution in [0.15, 0.2) is 4.40 Å². The van der Waals surface area contributed by atoms with E-state index in [9.17, 15) is 4.21 Å². The second kappa shape index (κ2) is 4.53. The highest BCUT2D eigenvalue weighted by molar-refractivity contribution is 7.85. The van der Waals surface area contributed by atoms with Crippen LogP contribution in [0.3, 0.4) is 0 Å². The molecule has 0 spiro atoms. The molecular formula is C10H19NO2S. The fourth-order valence-corrected chi connectivity index (χ4v) is 1.89. The van der Waals surface area contributed by atoms with Gasteiger partial charge in [-0.3, -0.25) is 0 Å². The van der Waals surface area contributed by atoms with E-state index in [2.05, 4.69) is 4.40 Å². The first-order valence-corrected chi connectivity index (χ1v) is 6.07. The summed E-state index contributed by atoms with van der Waals surface area (Å²) in [5, 5.41) is 0. The van der Waals surface area contributed by atoms with Crippen LogP contribution >= 0.6 is 0 Å². The molecule has 0 bridgehead atoms. The molecule has 0 amide bonds. The van der Waals surface area contributed by atoms with E-state index in [0.29, 0.717) is 5.92 Å². The van der Waals surface area contributed by atoms with Crippen LogP contribution in [0.25, 0.3) is 0 Å². The molecule has 0 N–H and O–H groups in total. The zero-order chi connectivity index (χ0) is 10.8. The second-order valence-electron chi connectivity index (χ2n) is 4.65. The highest BCUT2D eigenvalue weighted by Crippen LogP contribution is 2.18. The Labute approximate surface area is 88.5 Å². The average Bonchev–Trinajstić information content (AvgIpc) is 2.53. The first-order valence-electron chi connectivity index (χ1n) is 4.96. The van der Waals surface area contributed by atoms with E-state index in [1.54, 1.807) is 0 Å². The third-order valence-electron chi connectivity index (χ3n) is 2.27. The van der Waals surface area contributed by atoms with Gasteiger partial charge in [-0.1, -0.05) is 0 Å². The van der Waals surface area contributed by atoms with Crippen molar-refractivity contribution in [1.82, 2.24) is 0 Å². The molecule has 1 heterocycles. The number of hydrogen-bond donors (Lipinski definition) is 0. The van der Waals surface area contributed by atoms with Gasteiger partial charge in [0.1, 0.15) is 11.0 Å². The Bertz CT molecular complexity index is 249. The van der Waals surface area contributed by atoms with Crippen molar-refractivity contribution in [3.05, 3.63) is 0 Å². The van der Waals surface area contributed by atoms with E-state index in [4.69, 9.17) is 4.74 Å². The smallest absolute Gasteiger partial charge is 0.144 e. The Morgan fingerprint density at radius 1 is 1.50 bits per heavy atom. The van der Waals surface area contributed by atoms with Gasteiger partial charge in [0.05, 0.1) is 11.4 Å². The predicted molar refractivity (Wildman–Crippen MR) is 59.9 cm³/mol. The highest BCUT2D eigenvalue weighted by atomic mass is 32.2. The van der Waals surface area contributed by atoms with Gasteiger partial charge in [0.15, 0.2) is 0 Å². The second-order valence-corrected chi connectivity index (χ2v) is 6.56. The molecule has 0 saturated carbocycles. The van der Waals surface area contributed by atoms with E-state index in [1.165, 1.54) is 0 Å². The van der Waals surface area contributed by atoms with Crippen LogP contribution in [0.1, 0.15) is 34.1 Å². The number of hydrogen-bond acceptors (Lipinski definition) is 2. The number of rotatable bonds is 2. The number of nitrogens with zero attached hydrogens (tertiary/aromatic N) is 1. The van der Waals surface area contributed by atoms with Gasteiger partial charge in [-0.25, -0.2) is 4.21 Å². The summed E-state index contributed by atoms with van der Waals surface area (Å²) < 4.78 is 21.0. The van der Waals surface area contributed by atoms with Crippen molar-refractivity contribution in [2.24, 2.45) is 10.3 Å². The molecule has 1 aliphatic rings. The Hall–Kier alpha value is -0.220.